The minimum Gasteiger partial charge on any atom is -0.381 e. The molecule has 1 aromatic heterocycles. The number of ether oxygens (including phenoxy) is 1. The molecule has 39 heavy (non-hydrogen) atoms. The first kappa shape index (κ1) is 29.0. The first-order valence-electron chi connectivity index (χ1n) is 13.1. The molecule has 2 aromatic carbocycles. The maximum absolute atomic E-state index is 13.5. The van der Waals surface area contributed by atoms with E-state index in [2.05, 4.69) is 30.7 Å². The second-order valence-corrected chi connectivity index (χ2v) is 14.0. The summed E-state index contributed by atoms with van der Waals surface area (Å²) in [5.74, 6) is -0.0532. The molecule has 2 aliphatic heterocycles. The van der Waals surface area contributed by atoms with Crippen molar-refractivity contribution in [1.29, 1.82) is 0 Å². The molecule has 0 spiro atoms. The van der Waals surface area contributed by atoms with Crippen molar-refractivity contribution in [3.63, 3.8) is 0 Å². The van der Waals surface area contributed by atoms with Crippen LogP contribution in [0.1, 0.15) is 30.9 Å². The van der Waals surface area contributed by atoms with Crippen LogP contribution in [0.4, 0.5) is 0 Å². The van der Waals surface area contributed by atoms with Crippen LogP contribution in [0.3, 0.4) is 0 Å². The summed E-state index contributed by atoms with van der Waals surface area (Å²) in [6.07, 6.45) is 3.61. The van der Waals surface area contributed by atoms with E-state index in [1.807, 2.05) is 0 Å². The number of rotatable bonds is 7. The van der Waals surface area contributed by atoms with Gasteiger partial charge in [0.1, 0.15) is 0 Å². The summed E-state index contributed by atoms with van der Waals surface area (Å²) in [7, 11) is -3.50. The van der Waals surface area contributed by atoms with Crippen molar-refractivity contribution in [2.75, 3.05) is 45.1 Å². The average molecular weight is 658 g/mol. The Hall–Kier alpha value is -1.53. The molecule has 0 unspecified atom stereocenters. The van der Waals surface area contributed by atoms with E-state index in [-0.39, 0.29) is 22.8 Å². The van der Waals surface area contributed by atoms with Gasteiger partial charge in [-0.05, 0) is 42.7 Å². The summed E-state index contributed by atoms with van der Waals surface area (Å²) in [5.41, 5.74) is 1.47. The largest absolute Gasteiger partial charge is 0.381 e. The normalized spacial score (nSPS) is 18.2. The van der Waals surface area contributed by atoms with Crippen LogP contribution in [0.15, 0.2) is 44.8 Å². The van der Waals surface area contributed by atoms with E-state index < -0.39 is 9.84 Å². The van der Waals surface area contributed by atoms with Crippen molar-refractivity contribution in [2.24, 2.45) is 0 Å². The summed E-state index contributed by atoms with van der Waals surface area (Å²) in [4.78, 5) is 23.1. The lowest BCUT2D eigenvalue weighted by Gasteiger charge is -2.40. The third kappa shape index (κ3) is 6.22. The van der Waals surface area contributed by atoms with E-state index in [0.717, 1.165) is 62.3 Å². The molecule has 0 aliphatic carbocycles. The van der Waals surface area contributed by atoms with E-state index in [1.165, 1.54) is 23.0 Å². The zero-order valence-corrected chi connectivity index (χ0v) is 25.6. The van der Waals surface area contributed by atoms with Crippen molar-refractivity contribution in [3.05, 3.63) is 66.6 Å². The quantitative estimate of drug-likeness (QED) is 0.367. The van der Waals surface area contributed by atoms with Crippen LogP contribution in [0.2, 0.25) is 10.0 Å². The average Bonchev–Trinajstić information content (AvgIpc) is 2.93. The molecule has 2 aliphatic rings. The molecule has 5 rings (SSSR count). The number of sulfone groups is 1. The molecule has 8 nitrogen and oxygen atoms in total. The Morgan fingerprint density at radius 1 is 1.08 bits per heavy atom. The summed E-state index contributed by atoms with van der Waals surface area (Å²) >= 11 is 16.6. The predicted molar refractivity (Wildman–Crippen MR) is 158 cm³/mol. The highest BCUT2D eigenvalue weighted by atomic mass is 79.9. The minimum absolute atomic E-state index is 0.0191. The molecule has 3 heterocycles. The SMILES string of the molecule is CCS(=O)(=O)c1ccc(Cl)cc1Cn1cnc2c(Cl)c(CN3CCN(C4CCOCC4)CC3)c(Br)cc2c1=O. The highest BCUT2D eigenvalue weighted by Crippen LogP contribution is 2.33. The first-order valence-corrected chi connectivity index (χ1v) is 16.3. The van der Waals surface area contributed by atoms with Gasteiger partial charge in [-0.15, -0.1) is 0 Å². The minimum atomic E-state index is -3.50. The van der Waals surface area contributed by atoms with Crippen LogP contribution in [0.5, 0.6) is 0 Å². The van der Waals surface area contributed by atoms with Gasteiger partial charge in [0, 0.05) is 67.0 Å². The highest BCUT2D eigenvalue weighted by molar-refractivity contribution is 9.10. The Bertz CT molecular complexity index is 1540. The van der Waals surface area contributed by atoms with Gasteiger partial charge < -0.3 is 4.74 Å². The van der Waals surface area contributed by atoms with Gasteiger partial charge in [-0.3, -0.25) is 19.2 Å². The Morgan fingerprint density at radius 3 is 2.49 bits per heavy atom. The number of nitrogens with zero attached hydrogens (tertiary/aromatic N) is 4. The number of piperazine rings is 1. The molecule has 0 bridgehead atoms. The summed E-state index contributed by atoms with van der Waals surface area (Å²) in [6.45, 7) is 7.85. The second-order valence-electron chi connectivity index (χ2n) is 10.0. The molecule has 2 saturated heterocycles. The number of hydrogen-bond acceptors (Lipinski definition) is 7. The molecule has 0 saturated carbocycles. The molecular weight excluding hydrogens is 627 g/mol. The topological polar surface area (TPSA) is 84.7 Å². The summed E-state index contributed by atoms with van der Waals surface area (Å²) in [5, 5.41) is 1.21. The number of benzene rings is 2. The predicted octanol–water partition coefficient (Wildman–Crippen LogP) is 4.60. The standard InChI is InChI=1S/C27H31BrCl2N4O4S/c1-2-39(36,37)24-4-3-19(29)13-18(24)15-34-17-31-26-21(27(34)35)14-23(28)22(25(26)30)16-32-7-9-33(10-8-32)20-5-11-38-12-6-20/h3-4,13-14,17,20H,2,5-12,15-16H2,1H3. The number of fused-ring (bicyclic) bond motifs is 1. The second kappa shape index (κ2) is 12.1. The van der Waals surface area contributed by atoms with Gasteiger partial charge in [0.05, 0.1) is 39.4 Å². The molecule has 0 radical (unpaired) electrons. The lowest BCUT2D eigenvalue weighted by molar-refractivity contribution is 0.0126. The molecule has 0 N–H and O–H groups in total. The van der Waals surface area contributed by atoms with Gasteiger partial charge in [-0.2, -0.15) is 0 Å². The van der Waals surface area contributed by atoms with Crippen molar-refractivity contribution in [3.8, 4) is 0 Å². The van der Waals surface area contributed by atoms with E-state index in [0.29, 0.717) is 39.1 Å². The van der Waals surface area contributed by atoms with Crippen LogP contribution in [-0.4, -0.2) is 79.0 Å². The van der Waals surface area contributed by atoms with Crippen LogP contribution in [0, 0.1) is 0 Å². The number of hydrogen-bond donors (Lipinski definition) is 0. The van der Waals surface area contributed by atoms with Gasteiger partial charge in [0.2, 0.25) is 0 Å². The lowest BCUT2D eigenvalue weighted by Crippen LogP contribution is -2.51. The van der Waals surface area contributed by atoms with Gasteiger partial charge >= 0.3 is 0 Å². The number of halogens is 3. The Labute approximate surface area is 246 Å². The first-order chi connectivity index (χ1) is 18.7. The highest BCUT2D eigenvalue weighted by Gasteiger charge is 2.27. The molecule has 0 amide bonds. The molecular formula is C27H31BrCl2N4O4S. The van der Waals surface area contributed by atoms with Crippen molar-refractivity contribution >= 4 is 59.9 Å². The maximum Gasteiger partial charge on any atom is 0.261 e. The van der Waals surface area contributed by atoms with Gasteiger partial charge in [0.15, 0.2) is 9.84 Å². The fourth-order valence-corrected chi connectivity index (χ4v) is 7.69. The summed E-state index contributed by atoms with van der Waals surface area (Å²) < 4.78 is 32.9. The Balaban J connectivity index is 1.38. The monoisotopic (exact) mass is 656 g/mol. The Morgan fingerprint density at radius 2 is 1.79 bits per heavy atom. The smallest absolute Gasteiger partial charge is 0.261 e. The molecule has 210 valence electrons. The molecule has 3 aromatic rings. The van der Waals surface area contributed by atoms with Crippen LogP contribution >= 0.6 is 39.1 Å². The number of aromatic nitrogens is 2. The van der Waals surface area contributed by atoms with E-state index in [1.54, 1.807) is 19.1 Å². The zero-order valence-electron chi connectivity index (χ0n) is 21.7. The van der Waals surface area contributed by atoms with Crippen LogP contribution in [-0.2, 0) is 27.7 Å². The zero-order chi connectivity index (χ0) is 27.7. The van der Waals surface area contributed by atoms with Crippen molar-refractivity contribution < 1.29 is 13.2 Å². The van der Waals surface area contributed by atoms with Crippen molar-refractivity contribution in [2.45, 2.75) is 43.8 Å². The third-order valence-electron chi connectivity index (χ3n) is 7.68. The van der Waals surface area contributed by atoms with Crippen molar-refractivity contribution in [1.82, 2.24) is 19.4 Å². The fraction of sp³-hybridized carbons (Fsp3) is 0.481. The molecule has 12 heteroatoms. The van der Waals surface area contributed by atoms with E-state index in [9.17, 15) is 13.2 Å². The van der Waals surface area contributed by atoms with Gasteiger partial charge in [0.25, 0.3) is 5.56 Å². The van der Waals surface area contributed by atoms with Crippen LogP contribution in [0.25, 0.3) is 10.9 Å². The Kier molecular flexibility index (Phi) is 9.02. The van der Waals surface area contributed by atoms with E-state index >= 15 is 0 Å². The maximum atomic E-state index is 13.5. The third-order valence-corrected chi connectivity index (χ3v) is 10.9. The lowest BCUT2D eigenvalue weighted by atomic mass is 10.1. The molecule has 2 fully saturated rings. The van der Waals surface area contributed by atoms with Crippen LogP contribution < -0.4 is 5.56 Å². The molecule has 0 atom stereocenters. The fourth-order valence-electron chi connectivity index (χ4n) is 5.40. The van der Waals surface area contributed by atoms with Gasteiger partial charge in [-0.1, -0.05) is 46.1 Å². The van der Waals surface area contributed by atoms with E-state index in [4.69, 9.17) is 27.9 Å². The van der Waals surface area contributed by atoms with Gasteiger partial charge in [-0.25, -0.2) is 13.4 Å². The summed E-state index contributed by atoms with van der Waals surface area (Å²) in [6, 6.07) is 6.97.